The van der Waals surface area contributed by atoms with Gasteiger partial charge in [-0.05, 0) is 13.0 Å². The van der Waals surface area contributed by atoms with E-state index in [0.717, 1.165) is 5.03 Å². The minimum atomic E-state index is -0.395. The van der Waals surface area contributed by atoms with Crippen molar-refractivity contribution in [3.63, 3.8) is 0 Å². The molecule has 0 atom stereocenters. The van der Waals surface area contributed by atoms with Crippen LogP contribution >= 0.6 is 11.8 Å². The van der Waals surface area contributed by atoms with E-state index in [2.05, 4.69) is 18.8 Å². The molecule has 4 nitrogen and oxygen atoms in total. The van der Waals surface area contributed by atoms with Crippen LogP contribution in [-0.4, -0.2) is 22.8 Å². The highest BCUT2D eigenvalue weighted by molar-refractivity contribution is 7.99. The number of hydrogen-bond donors (Lipinski definition) is 1. The van der Waals surface area contributed by atoms with E-state index in [1.165, 1.54) is 6.20 Å². The molecule has 0 aliphatic rings. The largest absolute Gasteiger partial charge is 0.462 e. The minimum absolute atomic E-state index is 0.341. The fourth-order valence-corrected chi connectivity index (χ4v) is 1.92. The number of rotatable bonds is 4. The lowest BCUT2D eigenvalue weighted by Crippen LogP contribution is -2.09. The van der Waals surface area contributed by atoms with Crippen molar-refractivity contribution in [1.82, 2.24) is 4.98 Å². The van der Waals surface area contributed by atoms with Crippen LogP contribution in [0.1, 0.15) is 31.1 Å². The monoisotopic (exact) mass is 240 g/mol. The third-order valence-corrected chi connectivity index (χ3v) is 2.70. The molecule has 0 amide bonds. The van der Waals surface area contributed by atoms with E-state index in [1.807, 2.05) is 0 Å². The summed E-state index contributed by atoms with van der Waals surface area (Å²) in [5, 5.41) is 1.19. The second-order valence-corrected chi connectivity index (χ2v) is 5.09. The molecule has 0 unspecified atom stereocenters. The van der Waals surface area contributed by atoms with Crippen molar-refractivity contribution >= 4 is 23.4 Å². The van der Waals surface area contributed by atoms with Crippen molar-refractivity contribution in [3.05, 3.63) is 17.8 Å². The number of nitrogen functional groups attached to an aromatic ring is 1. The Kier molecular flexibility index (Phi) is 4.61. The lowest BCUT2D eigenvalue weighted by Gasteiger charge is -2.08. The van der Waals surface area contributed by atoms with E-state index >= 15 is 0 Å². The van der Waals surface area contributed by atoms with Crippen LogP contribution in [0.25, 0.3) is 0 Å². The number of carbonyl (C=O) groups excluding carboxylic acids is 1. The van der Waals surface area contributed by atoms with Gasteiger partial charge in [0, 0.05) is 5.25 Å². The topological polar surface area (TPSA) is 65.2 Å². The number of nitrogens with two attached hydrogens (primary N) is 1. The van der Waals surface area contributed by atoms with Crippen molar-refractivity contribution in [3.8, 4) is 0 Å². The Morgan fingerprint density at radius 2 is 2.31 bits per heavy atom. The maximum atomic E-state index is 11.6. The Balaban J connectivity index is 2.94. The van der Waals surface area contributed by atoms with Gasteiger partial charge in [-0.25, -0.2) is 9.78 Å². The Bertz CT molecular complexity index is 380. The fraction of sp³-hybridized carbons (Fsp3) is 0.455. The molecule has 1 aromatic heterocycles. The predicted molar refractivity (Wildman–Crippen MR) is 65.6 cm³/mol. The zero-order valence-corrected chi connectivity index (χ0v) is 10.5. The van der Waals surface area contributed by atoms with Gasteiger partial charge in [0.15, 0.2) is 0 Å². The molecule has 0 aliphatic carbocycles. The van der Waals surface area contributed by atoms with Crippen molar-refractivity contribution in [2.45, 2.75) is 31.0 Å². The third-order valence-electron chi connectivity index (χ3n) is 1.76. The van der Waals surface area contributed by atoms with E-state index in [9.17, 15) is 4.79 Å². The molecule has 2 N–H and O–H groups in total. The number of thioether (sulfide) groups is 1. The number of nitrogens with zero attached hydrogens (tertiary/aromatic N) is 1. The van der Waals surface area contributed by atoms with Gasteiger partial charge in [-0.3, -0.25) is 0 Å². The lowest BCUT2D eigenvalue weighted by atomic mass is 10.2. The van der Waals surface area contributed by atoms with Crippen molar-refractivity contribution in [1.29, 1.82) is 0 Å². The molecule has 0 aliphatic heterocycles. The average Bonchev–Trinajstić information content (AvgIpc) is 2.20. The molecule has 88 valence electrons. The van der Waals surface area contributed by atoms with Crippen LogP contribution in [0.3, 0.4) is 0 Å². The van der Waals surface area contributed by atoms with Crippen molar-refractivity contribution < 1.29 is 9.53 Å². The molecule has 0 saturated carbocycles. The van der Waals surface area contributed by atoms with Gasteiger partial charge in [-0.1, -0.05) is 13.8 Å². The molecule has 16 heavy (non-hydrogen) atoms. The van der Waals surface area contributed by atoms with Crippen LogP contribution in [0, 0.1) is 0 Å². The molecule has 1 rings (SSSR count). The second kappa shape index (κ2) is 5.75. The molecule has 0 spiro atoms. The summed E-state index contributed by atoms with van der Waals surface area (Å²) >= 11 is 1.58. The average molecular weight is 240 g/mol. The van der Waals surface area contributed by atoms with Crippen LogP contribution < -0.4 is 5.73 Å². The smallest absolute Gasteiger partial charge is 0.340 e. The summed E-state index contributed by atoms with van der Waals surface area (Å²) in [7, 11) is 0. The molecule has 0 aromatic carbocycles. The fourth-order valence-electron chi connectivity index (χ4n) is 1.14. The Morgan fingerprint density at radius 1 is 1.62 bits per heavy atom. The summed E-state index contributed by atoms with van der Waals surface area (Å²) in [6.07, 6.45) is 1.50. The Hall–Kier alpha value is -1.23. The number of aromatic nitrogens is 1. The first-order valence-electron chi connectivity index (χ1n) is 5.14. The van der Waals surface area contributed by atoms with Gasteiger partial charge < -0.3 is 10.5 Å². The molecule has 0 fully saturated rings. The SMILES string of the molecule is CCOC(=O)c1cc(SC(C)C)ncc1N. The number of carbonyl (C=O) groups is 1. The lowest BCUT2D eigenvalue weighted by molar-refractivity contribution is 0.0527. The van der Waals surface area contributed by atoms with Gasteiger partial charge in [-0.15, -0.1) is 11.8 Å². The summed E-state index contributed by atoms with van der Waals surface area (Å²) < 4.78 is 4.91. The maximum Gasteiger partial charge on any atom is 0.340 e. The van der Waals surface area contributed by atoms with Crippen molar-refractivity contribution in [2.24, 2.45) is 0 Å². The van der Waals surface area contributed by atoms with Crippen molar-refractivity contribution in [2.75, 3.05) is 12.3 Å². The predicted octanol–water partition coefficient (Wildman–Crippen LogP) is 2.34. The molecular formula is C11H16N2O2S. The van der Waals surface area contributed by atoms with Gasteiger partial charge in [0.05, 0.1) is 29.1 Å². The third kappa shape index (κ3) is 3.41. The second-order valence-electron chi connectivity index (χ2n) is 3.50. The van der Waals surface area contributed by atoms with E-state index in [4.69, 9.17) is 10.5 Å². The van der Waals surface area contributed by atoms with E-state index < -0.39 is 5.97 Å². The Labute approximate surface area is 99.6 Å². The highest BCUT2D eigenvalue weighted by Crippen LogP contribution is 2.24. The van der Waals surface area contributed by atoms with Gasteiger partial charge in [0.1, 0.15) is 0 Å². The molecule has 1 aromatic rings. The van der Waals surface area contributed by atoms with Crippen LogP contribution in [-0.2, 0) is 4.74 Å². The van der Waals surface area contributed by atoms with E-state index in [0.29, 0.717) is 23.1 Å². The zero-order valence-electron chi connectivity index (χ0n) is 9.69. The van der Waals surface area contributed by atoms with Gasteiger partial charge in [0.25, 0.3) is 0 Å². The highest BCUT2D eigenvalue weighted by atomic mass is 32.2. The molecule has 0 bridgehead atoms. The quantitative estimate of drug-likeness (QED) is 0.646. The van der Waals surface area contributed by atoms with Crippen LogP contribution in [0.15, 0.2) is 17.3 Å². The summed E-state index contributed by atoms with van der Waals surface area (Å²) in [5.74, 6) is -0.395. The van der Waals surface area contributed by atoms with Crippen LogP contribution in [0.2, 0.25) is 0 Å². The number of ether oxygens (including phenoxy) is 1. The van der Waals surface area contributed by atoms with E-state index in [1.54, 1.807) is 24.8 Å². The van der Waals surface area contributed by atoms with Gasteiger partial charge in [0.2, 0.25) is 0 Å². The maximum absolute atomic E-state index is 11.6. The zero-order chi connectivity index (χ0) is 12.1. The first-order valence-corrected chi connectivity index (χ1v) is 6.01. The summed E-state index contributed by atoms with van der Waals surface area (Å²) in [6, 6.07) is 1.68. The molecule has 0 saturated heterocycles. The van der Waals surface area contributed by atoms with Gasteiger partial charge >= 0.3 is 5.97 Å². The number of anilines is 1. The standard InChI is InChI=1S/C11H16N2O2S/c1-4-15-11(14)8-5-10(16-7(2)3)13-6-9(8)12/h5-7H,4,12H2,1-3H3. The first kappa shape index (κ1) is 12.8. The molecule has 1 heterocycles. The normalized spacial score (nSPS) is 10.5. The van der Waals surface area contributed by atoms with Crippen LogP contribution in [0.4, 0.5) is 5.69 Å². The summed E-state index contributed by atoms with van der Waals surface area (Å²) in [6.45, 7) is 6.23. The summed E-state index contributed by atoms with van der Waals surface area (Å²) in [4.78, 5) is 15.7. The number of esters is 1. The Morgan fingerprint density at radius 3 is 2.88 bits per heavy atom. The van der Waals surface area contributed by atoms with Gasteiger partial charge in [-0.2, -0.15) is 0 Å². The number of pyridine rings is 1. The minimum Gasteiger partial charge on any atom is -0.462 e. The highest BCUT2D eigenvalue weighted by Gasteiger charge is 2.13. The number of hydrogen-bond acceptors (Lipinski definition) is 5. The summed E-state index contributed by atoms with van der Waals surface area (Å²) in [5.41, 5.74) is 6.42. The molecule has 0 radical (unpaired) electrons. The van der Waals surface area contributed by atoms with Crippen LogP contribution in [0.5, 0.6) is 0 Å². The first-order chi connectivity index (χ1) is 7.54. The van der Waals surface area contributed by atoms with E-state index in [-0.39, 0.29) is 0 Å². The molecular weight excluding hydrogens is 224 g/mol. The molecule has 5 heteroatoms.